The lowest BCUT2D eigenvalue weighted by molar-refractivity contribution is 0.199. The Labute approximate surface area is 120 Å². The van der Waals surface area contributed by atoms with Gasteiger partial charge in [-0.15, -0.1) is 11.6 Å². The smallest absolute Gasteiger partial charge is 0.123 e. The van der Waals surface area contributed by atoms with Crippen LogP contribution in [-0.2, 0) is 5.88 Å². The van der Waals surface area contributed by atoms with Crippen molar-refractivity contribution in [2.75, 3.05) is 18.0 Å². The molecule has 0 spiro atoms. The van der Waals surface area contributed by atoms with E-state index in [1.54, 1.807) is 6.07 Å². The maximum absolute atomic E-state index is 13.3. The minimum Gasteiger partial charge on any atom is -0.371 e. The lowest BCUT2D eigenvalue weighted by Crippen LogP contribution is -2.40. The third-order valence-electron chi connectivity index (χ3n) is 4.85. The normalized spacial score (nSPS) is 18.6. The molecule has 0 aliphatic carbocycles. The molecule has 1 heterocycles. The molecular weight excluding hydrogens is 261 g/mol. The number of hydrogen-bond donors (Lipinski definition) is 0. The van der Waals surface area contributed by atoms with Gasteiger partial charge in [0, 0.05) is 24.7 Å². The van der Waals surface area contributed by atoms with E-state index in [0.29, 0.717) is 11.3 Å². The van der Waals surface area contributed by atoms with Crippen molar-refractivity contribution < 1.29 is 4.39 Å². The Morgan fingerprint density at radius 2 is 1.84 bits per heavy atom. The Balaban J connectivity index is 2.13. The summed E-state index contributed by atoms with van der Waals surface area (Å²) < 4.78 is 13.3. The van der Waals surface area contributed by atoms with Gasteiger partial charge in [-0.05, 0) is 42.0 Å². The molecule has 3 heteroatoms. The number of nitrogens with zero attached hydrogens (tertiary/aromatic N) is 1. The monoisotopic (exact) mass is 283 g/mol. The van der Waals surface area contributed by atoms with E-state index in [-0.39, 0.29) is 5.82 Å². The van der Waals surface area contributed by atoms with Gasteiger partial charge in [0.2, 0.25) is 0 Å². The zero-order valence-corrected chi connectivity index (χ0v) is 12.6. The standard InChI is InChI=1S/C16H23ClFN/c1-3-16(4-2)7-9-19(10-8-16)15-6-5-14(18)11-13(15)12-17/h5-6,11H,3-4,7-10,12H2,1-2H3. The second-order valence-electron chi connectivity index (χ2n) is 5.60. The lowest BCUT2D eigenvalue weighted by atomic mass is 9.74. The molecule has 2 rings (SSSR count). The summed E-state index contributed by atoms with van der Waals surface area (Å²) in [6, 6.07) is 4.97. The van der Waals surface area contributed by atoms with Crippen LogP contribution in [0.3, 0.4) is 0 Å². The number of rotatable bonds is 4. The molecule has 0 atom stereocenters. The van der Waals surface area contributed by atoms with Crippen LogP contribution < -0.4 is 4.90 Å². The van der Waals surface area contributed by atoms with Gasteiger partial charge in [0.05, 0.1) is 0 Å². The zero-order valence-electron chi connectivity index (χ0n) is 11.9. The van der Waals surface area contributed by atoms with E-state index in [1.807, 2.05) is 6.07 Å². The highest BCUT2D eigenvalue weighted by molar-refractivity contribution is 6.17. The fourth-order valence-electron chi connectivity index (χ4n) is 3.15. The lowest BCUT2D eigenvalue weighted by Gasteiger charge is -2.42. The molecule has 1 saturated heterocycles. The first kappa shape index (κ1) is 14.6. The van der Waals surface area contributed by atoms with E-state index >= 15 is 0 Å². The SMILES string of the molecule is CCC1(CC)CCN(c2ccc(F)cc2CCl)CC1. The largest absolute Gasteiger partial charge is 0.371 e. The van der Waals surface area contributed by atoms with Crippen LogP contribution >= 0.6 is 11.6 Å². The van der Waals surface area contributed by atoms with Crippen LogP contribution in [0.4, 0.5) is 10.1 Å². The van der Waals surface area contributed by atoms with Gasteiger partial charge in [-0.3, -0.25) is 0 Å². The summed E-state index contributed by atoms with van der Waals surface area (Å²) in [7, 11) is 0. The molecule has 1 aliphatic rings. The van der Waals surface area contributed by atoms with Crippen molar-refractivity contribution in [3.8, 4) is 0 Å². The van der Waals surface area contributed by atoms with Gasteiger partial charge >= 0.3 is 0 Å². The number of anilines is 1. The van der Waals surface area contributed by atoms with Crippen LogP contribution in [0.5, 0.6) is 0 Å². The van der Waals surface area contributed by atoms with E-state index < -0.39 is 0 Å². The summed E-state index contributed by atoms with van der Waals surface area (Å²) in [4.78, 5) is 2.36. The van der Waals surface area contributed by atoms with Gasteiger partial charge in [-0.2, -0.15) is 0 Å². The topological polar surface area (TPSA) is 3.24 Å². The van der Waals surface area contributed by atoms with E-state index in [4.69, 9.17) is 11.6 Å². The molecule has 0 aromatic heterocycles. The van der Waals surface area contributed by atoms with E-state index in [9.17, 15) is 4.39 Å². The Morgan fingerprint density at radius 3 is 2.37 bits per heavy atom. The summed E-state index contributed by atoms with van der Waals surface area (Å²) in [6.07, 6.45) is 4.95. The van der Waals surface area contributed by atoms with Crippen LogP contribution in [0.1, 0.15) is 45.1 Å². The molecule has 1 aromatic carbocycles. The number of benzene rings is 1. The quantitative estimate of drug-likeness (QED) is 0.705. The number of hydrogen-bond acceptors (Lipinski definition) is 1. The summed E-state index contributed by atoms with van der Waals surface area (Å²) in [5.41, 5.74) is 2.52. The molecule has 1 aromatic rings. The Kier molecular flexibility index (Phi) is 4.72. The highest BCUT2D eigenvalue weighted by atomic mass is 35.5. The molecule has 19 heavy (non-hydrogen) atoms. The first-order valence-electron chi connectivity index (χ1n) is 7.23. The summed E-state index contributed by atoms with van der Waals surface area (Å²) >= 11 is 5.94. The van der Waals surface area contributed by atoms with Crippen LogP contribution in [0.15, 0.2) is 18.2 Å². The Hall–Kier alpha value is -0.760. The third kappa shape index (κ3) is 3.05. The fraction of sp³-hybridized carbons (Fsp3) is 0.625. The van der Waals surface area contributed by atoms with E-state index in [2.05, 4.69) is 18.7 Å². The van der Waals surface area contributed by atoms with Gasteiger partial charge in [0.1, 0.15) is 5.82 Å². The minimum absolute atomic E-state index is 0.201. The minimum atomic E-state index is -0.201. The molecule has 1 nitrogen and oxygen atoms in total. The maximum atomic E-state index is 13.3. The second kappa shape index (κ2) is 6.13. The van der Waals surface area contributed by atoms with Crippen molar-refractivity contribution in [2.24, 2.45) is 5.41 Å². The van der Waals surface area contributed by atoms with Crippen LogP contribution in [-0.4, -0.2) is 13.1 Å². The van der Waals surface area contributed by atoms with Crippen molar-refractivity contribution >= 4 is 17.3 Å². The van der Waals surface area contributed by atoms with E-state index in [1.165, 1.54) is 31.7 Å². The van der Waals surface area contributed by atoms with Crippen LogP contribution in [0.25, 0.3) is 0 Å². The number of alkyl halides is 1. The molecular formula is C16H23ClFN. The predicted molar refractivity (Wildman–Crippen MR) is 80.4 cm³/mol. The van der Waals surface area contributed by atoms with Gasteiger partial charge in [-0.25, -0.2) is 4.39 Å². The summed E-state index contributed by atoms with van der Waals surface area (Å²) in [6.45, 7) is 6.69. The van der Waals surface area contributed by atoms with Crippen molar-refractivity contribution in [2.45, 2.75) is 45.4 Å². The van der Waals surface area contributed by atoms with Crippen LogP contribution in [0.2, 0.25) is 0 Å². The van der Waals surface area contributed by atoms with Crippen molar-refractivity contribution in [3.63, 3.8) is 0 Å². The first-order chi connectivity index (χ1) is 9.14. The van der Waals surface area contributed by atoms with E-state index in [0.717, 1.165) is 24.3 Å². The molecule has 106 valence electrons. The van der Waals surface area contributed by atoms with Crippen LogP contribution in [0, 0.1) is 11.2 Å². The molecule has 0 N–H and O–H groups in total. The van der Waals surface area contributed by atoms with Crippen molar-refractivity contribution in [1.29, 1.82) is 0 Å². The fourth-order valence-corrected chi connectivity index (χ4v) is 3.36. The average Bonchev–Trinajstić information content (AvgIpc) is 2.47. The molecule has 0 saturated carbocycles. The molecule has 0 unspecified atom stereocenters. The average molecular weight is 284 g/mol. The number of piperidine rings is 1. The van der Waals surface area contributed by atoms with Gasteiger partial charge in [0.15, 0.2) is 0 Å². The number of halogens is 2. The van der Waals surface area contributed by atoms with Gasteiger partial charge in [-0.1, -0.05) is 26.7 Å². The molecule has 0 radical (unpaired) electrons. The first-order valence-corrected chi connectivity index (χ1v) is 7.77. The summed E-state index contributed by atoms with van der Waals surface area (Å²) in [5.74, 6) is 0.170. The third-order valence-corrected chi connectivity index (χ3v) is 5.14. The van der Waals surface area contributed by atoms with Crippen molar-refractivity contribution in [1.82, 2.24) is 0 Å². The summed E-state index contributed by atoms with van der Waals surface area (Å²) in [5, 5.41) is 0. The molecule has 1 fully saturated rings. The van der Waals surface area contributed by atoms with Gasteiger partial charge in [0.25, 0.3) is 0 Å². The Bertz CT molecular complexity index is 419. The molecule has 0 bridgehead atoms. The molecule has 1 aliphatic heterocycles. The second-order valence-corrected chi connectivity index (χ2v) is 5.87. The Morgan fingerprint density at radius 1 is 1.21 bits per heavy atom. The van der Waals surface area contributed by atoms with Gasteiger partial charge < -0.3 is 4.90 Å². The van der Waals surface area contributed by atoms with Crippen molar-refractivity contribution in [3.05, 3.63) is 29.6 Å². The molecule has 0 amide bonds. The maximum Gasteiger partial charge on any atom is 0.123 e. The highest BCUT2D eigenvalue weighted by Gasteiger charge is 2.31. The zero-order chi connectivity index (χ0) is 13.9. The predicted octanol–water partition coefficient (Wildman–Crippen LogP) is 4.97. The highest BCUT2D eigenvalue weighted by Crippen LogP contribution is 2.39.